The van der Waals surface area contributed by atoms with Crippen LogP contribution in [0.2, 0.25) is 0 Å². The van der Waals surface area contributed by atoms with E-state index < -0.39 is 11.7 Å². The van der Waals surface area contributed by atoms with Gasteiger partial charge in [-0.3, -0.25) is 0 Å². The minimum absolute atomic E-state index is 0.312. The second-order valence-electron chi connectivity index (χ2n) is 9.43. The minimum Gasteiger partial charge on any atom is -0.444 e. The van der Waals surface area contributed by atoms with E-state index in [1.807, 2.05) is 69.3 Å². The Morgan fingerprint density at radius 1 is 0.917 bits per heavy atom. The van der Waals surface area contributed by atoms with Crippen molar-refractivity contribution in [3.05, 3.63) is 96.4 Å². The number of carbonyl (C=O) groups excluding carboxylic acids is 1. The third-order valence-electron chi connectivity index (χ3n) is 5.48. The molecule has 0 radical (unpaired) electrons. The van der Waals surface area contributed by atoms with Crippen molar-refractivity contribution < 1.29 is 13.9 Å². The van der Waals surface area contributed by atoms with Gasteiger partial charge in [-0.25, -0.2) is 13.9 Å². The Bertz CT molecular complexity index is 1300. The van der Waals surface area contributed by atoms with Gasteiger partial charge in [0.15, 0.2) is 0 Å². The molecule has 4 rings (SSSR count). The van der Waals surface area contributed by atoms with Crippen molar-refractivity contribution in [2.75, 3.05) is 13.1 Å². The number of aromatic nitrogens is 2. The lowest BCUT2D eigenvalue weighted by Gasteiger charge is -2.19. The summed E-state index contributed by atoms with van der Waals surface area (Å²) in [6.45, 7) is 6.85. The highest BCUT2D eigenvalue weighted by Crippen LogP contribution is 2.30. The molecule has 4 aromatic rings. The number of nitrogens with one attached hydrogen (secondary N) is 2. The Morgan fingerprint density at radius 2 is 1.58 bits per heavy atom. The Balaban J connectivity index is 1.51. The molecule has 2 N–H and O–H groups in total. The second kappa shape index (κ2) is 11.2. The van der Waals surface area contributed by atoms with Crippen molar-refractivity contribution in [2.45, 2.75) is 32.9 Å². The average molecular weight is 487 g/mol. The van der Waals surface area contributed by atoms with E-state index in [4.69, 9.17) is 4.74 Å². The van der Waals surface area contributed by atoms with Gasteiger partial charge in [0, 0.05) is 30.8 Å². The number of ether oxygens (including phenoxy) is 1. The van der Waals surface area contributed by atoms with E-state index in [2.05, 4.69) is 27.9 Å². The average Bonchev–Trinajstić information content (AvgIpc) is 3.27. The van der Waals surface area contributed by atoms with Crippen LogP contribution in [-0.2, 0) is 11.3 Å². The first-order valence-electron chi connectivity index (χ1n) is 12.0. The zero-order valence-electron chi connectivity index (χ0n) is 20.8. The quantitative estimate of drug-likeness (QED) is 0.302. The third-order valence-corrected chi connectivity index (χ3v) is 5.48. The number of hydrogen-bond donors (Lipinski definition) is 2. The predicted octanol–water partition coefficient (Wildman–Crippen LogP) is 5.96. The lowest BCUT2D eigenvalue weighted by atomic mass is 10.0. The van der Waals surface area contributed by atoms with Crippen LogP contribution in [0.1, 0.15) is 26.3 Å². The van der Waals surface area contributed by atoms with Crippen molar-refractivity contribution in [3.8, 4) is 28.1 Å². The maximum atomic E-state index is 14.9. The second-order valence-corrected chi connectivity index (χ2v) is 9.43. The summed E-state index contributed by atoms with van der Waals surface area (Å²) < 4.78 is 21.9. The molecule has 0 spiro atoms. The lowest BCUT2D eigenvalue weighted by molar-refractivity contribution is 0.0528. The molecule has 1 heterocycles. The highest BCUT2D eigenvalue weighted by atomic mass is 19.1. The molecular formula is C29H31FN4O2. The summed E-state index contributed by atoms with van der Waals surface area (Å²) in [6, 6.07) is 24.9. The molecule has 7 heteroatoms. The van der Waals surface area contributed by atoms with Crippen LogP contribution in [0.4, 0.5) is 9.18 Å². The SMILES string of the molecule is CC(C)(C)OC(=O)NCCNCc1cnn(-c2ccc(-c3ccccc3)cc2)c1-c1ccccc1F. The predicted molar refractivity (Wildman–Crippen MR) is 140 cm³/mol. The summed E-state index contributed by atoms with van der Waals surface area (Å²) in [6.07, 6.45) is 1.30. The fourth-order valence-corrected chi connectivity index (χ4v) is 3.86. The van der Waals surface area contributed by atoms with Gasteiger partial charge in [0.2, 0.25) is 0 Å². The van der Waals surface area contributed by atoms with Crippen molar-refractivity contribution >= 4 is 6.09 Å². The number of rotatable bonds is 8. The molecule has 3 aromatic carbocycles. The standard InChI is InChI=1S/C29H31FN4O2/c1-29(2,3)36-28(35)32-18-17-31-19-23-20-33-34(27(23)25-11-7-8-12-26(25)30)24-15-13-22(14-16-24)21-9-5-4-6-10-21/h4-16,20,31H,17-19H2,1-3H3,(H,32,35). The van der Waals surface area contributed by atoms with Gasteiger partial charge in [-0.2, -0.15) is 5.10 Å². The molecule has 0 unspecified atom stereocenters. The molecule has 0 fully saturated rings. The maximum Gasteiger partial charge on any atom is 0.407 e. The van der Waals surface area contributed by atoms with Crippen molar-refractivity contribution in [1.82, 2.24) is 20.4 Å². The molecule has 0 saturated carbocycles. The first-order valence-corrected chi connectivity index (χ1v) is 12.0. The zero-order chi connectivity index (χ0) is 25.5. The van der Waals surface area contributed by atoms with Gasteiger partial charge in [0.25, 0.3) is 0 Å². The molecule has 0 aliphatic carbocycles. The van der Waals surface area contributed by atoms with E-state index in [1.54, 1.807) is 23.0 Å². The van der Waals surface area contributed by atoms with E-state index in [9.17, 15) is 9.18 Å². The molecular weight excluding hydrogens is 455 g/mol. The molecule has 0 aliphatic rings. The molecule has 0 atom stereocenters. The van der Waals surface area contributed by atoms with Crippen molar-refractivity contribution in [1.29, 1.82) is 0 Å². The maximum absolute atomic E-state index is 14.9. The fraction of sp³-hybridized carbons (Fsp3) is 0.241. The topological polar surface area (TPSA) is 68.2 Å². The van der Waals surface area contributed by atoms with Gasteiger partial charge in [0.1, 0.15) is 11.4 Å². The Labute approximate surface area is 211 Å². The molecule has 6 nitrogen and oxygen atoms in total. The first kappa shape index (κ1) is 25.1. The Morgan fingerprint density at radius 3 is 2.28 bits per heavy atom. The first-order chi connectivity index (χ1) is 17.3. The van der Waals surface area contributed by atoms with E-state index in [0.29, 0.717) is 30.9 Å². The van der Waals surface area contributed by atoms with Crippen LogP contribution in [0, 0.1) is 5.82 Å². The van der Waals surface area contributed by atoms with E-state index in [0.717, 1.165) is 22.4 Å². The molecule has 1 amide bonds. The van der Waals surface area contributed by atoms with Crippen molar-refractivity contribution in [3.63, 3.8) is 0 Å². The van der Waals surface area contributed by atoms with E-state index >= 15 is 0 Å². The highest BCUT2D eigenvalue weighted by molar-refractivity contribution is 5.69. The highest BCUT2D eigenvalue weighted by Gasteiger charge is 2.18. The van der Waals surface area contributed by atoms with E-state index in [-0.39, 0.29) is 5.82 Å². The van der Waals surface area contributed by atoms with Gasteiger partial charge in [-0.15, -0.1) is 0 Å². The van der Waals surface area contributed by atoms with E-state index in [1.165, 1.54) is 6.07 Å². The molecule has 0 bridgehead atoms. The summed E-state index contributed by atoms with van der Waals surface area (Å²) >= 11 is 0. The smallest absolute Gasteiger partial charge is 0.407 e. The van der Waals surface area contributed by atoms with Crippen LogP contribution < -0.4 is 10.6 Å². The summed E-state index contributed by atoms with van der Waals surface area (Å²) in [5.41, 5.74) is 4.54. The third kappa shape index (κ3) is 6.37. The summed E-state index contributed by atoms with van der Waals surface area (Å²) in [7, 11) is 0. The monoisotopic (exact) mass is 486 g/mol. The number of halogens is 1. The van der Waals surface area contributed by atoms with Crippen LogP contribution in [0.3, 0.4) is 0 Å². The number of amides is 1. The van der Waals surface area contributed by atoms with Crippen LogP contribution in [0.15, 0.2) is 85.1 Å². The minimum atomic E-state index is -0.542. The number of hydrogen-bond acceptors (Lipinski definition) is 4. The van der Waals surface area contributed by atoms with Crippen molar-refractivity contribution in [2.24, 2.45) is 0 Å². The van der Waals surface area contributed by atoms with Gasteiger partial charge in [0.05, 0.1) is 17.6 Å². The molecule has 0 aliphatic heterocycles. The number of nitrogens with zero attached hydrogens (tertiary/aromatic N) is 2. The van der Waals surface area contributed by atoms with Crippen LogP contribution in [-0.4, -0.2) is 34.6 Å². The van der Waals surface area contributed by atoms with Gasteiger partial charge >= 0.3 is 6.09 Å². The normalized spacial score (nSPS) is 11.3. The van der Waals surface area contributed by atoms with Gasteiger partial charge < -0.3 is 15.4 Å². The molecule has 0 saturated heterocycles. The Kier molecular flexibility index (Phi) is 7.80. The number of alkyl carbamates (subject to hydrolysis) is 1. The van der Waals surface area contributed by atoms with Gasteiger partial charge in [-0.05, 0) is 56.2 Å². The molecule has 36 heavy (non-hydrogen) atoms. The zero-order valence-corrected chi connectivity index (χ0v) is 20.8. The Hall–Kier alpha value is -3.97. The largest absolute Gasteiger partial charge is 0.444 e. The van der Waals surface area contributed by atoms with Gasteiger partial charge in [-0.1, -0.05) is 54.6 Å². The van der Waals surface area contributed by atoms with Crippen LogP contribution >= 0.6 is 0 Å². The van der Waals surface area contributed by atoms with Crippen LogP contribution in [0.5, 0.6) is 0 Å². The summed E-state index contributed by atoms with van der Waals surface area (Å²) in [5.74, 6) is -0.312. The summed E-state index contributed by atoms with van der Waals surface area (Å²) in [4.78, 5) is 11.8. The molecule has 186 valence electrons. The fourth-order valence-electron chi connectivity index (χ4n) is 3.86. The lowest BCUT2D eigenvalue weighted by Crippen LogP contribution is -2.36. The van der Waals surface area contributed by atoms with Crippen LogP contribution in [0.25, 0.3) is 28.1 Å². The number of benzene rings is 3. The number of carbonyl (C=O) groups is 1. The summed E-state index contributed by atoms with van der Waals surface area (Å²) in [5, 5.41) is 10.6. The molecule has 1 aromatic heterocycles.